The Hall–Kier alpha value is -2.14. The minimum Gasteiger partial charge on any atom is -0.478 e. The standard InChI is InChI=1S/C14H16N2O3/c1-10-12(14(17)18)9-13(16(10)7-8-19-2)11-3-5-15-6-4-11/h3-6,9H,7-8H2,1-2H3,(H,17,18). The molecule has 2 rings (SSSR count). The maximum atomic E-state index is 11.2. The summed E-state index contributed by atoms with van der Waals surface area (Å²) < 4.78 is 7.04. The first kappa shape index (κ1) is 13.3. The number of methoxy groups -OCH3 is 1. The molecule has 0 aliphatic carbocycles. The average Bonchev–Trinajstić information content (AvgIpc) is 2.75. The first-order chi connectivity index (χ1) is 9.15. The quantitative estimate of drug-likeness (QED) is 0.895. The van der Waals surface area contributed by atoms with E-state index in [2.05, 4.69) is 4.98 Å². The maximum absolute atomic E-state index is 11.2. The van der Waals surface area contributed by atoms with Crippen LogP contribution in [0.1, 0.15) is 16.1 Å². The van der Waals surface area contributed by atoms with Gasteiger partial charge in [-0.25, -0.2) is 4.79 Å². The molecule has 0 fully saturated rings. The van der Waals surface area contributed by atoms with E-state index < -0.39 is 5.97 Å². The second-order valence-corrected chi connectivity index (χ2v) is 4.21. The number of ether oxygens (including phenoxy) is 1. The topological polar surface area (TPSA) is 64.4 Å². The molecule has 0 saturated carbocycles. The van der Waals surface area contributed by atoms with Crippen molar-refractivity contribution in [1.29, 1.82) is 0 Å². The van der Waals surface area contributed by atoms with Gasteiger partial charge in [-0.2, -0.15) is 0 Å². The molecular weight excluding hydrogens is 244 g/mol. The number of rotatable bonds is 5. The fourth-order valence-corrected chi connectivity index (χ4v) is 2.09. The SMILES string of the molecule is COCCn1c(-c2ccncc2)cc(C(=O)O)c1C. The maximum Gasteiger partial charge on any atom is 0.337 e. The summed E-state index contributed by atoms with van der Waals surface area (Å²) in [5, 5.41) is 9.22. The van der Waals surface area contributed by atoms with Gasteiger partial charge in [-0.15, -0.1) is 0 Å². The van der Waals surface area contributed by atoms with Gasteiger partial charge in [0.2, 0.25) is 0 Å². The Bertz CT molecular complexity index is 576. The van der Waals surface area contributed by atoms with Crippen molar-refractivity contribution < 1.29 is 14.6 Å². The van der Waals surface area contributed by atoms with Gasteiger partial charge in [-0.3, -0.25) is 4.98 Å². The Balaban J connectivity index is 2.52. The van der Waals surface area contributed by atoms with Gasteiger partial charge in [0.1, 0.15) is 0 Å². The summed E-state index contributed by atoms with van der Waals surface area (Å²) in [4.78, 5) is 15.2. The summed E-state index contributed by atoms with van der Waals surface area (Å²) in [6.45, 7) is 2.96. The van der Waals surface area contributed by atoms with E-state index in [4.69, 9.17) is 4.74 Å². The van der Waals surface area contributed by atoms with E-state index in [1.807, 2.05) is 23.6 Å². The van der Waals surface area contributed by atoms with Gasteiger partial charge >= 0.3 is 5.97 Å². The molecule has 0 amide bonds. The molecule has 2 heterocycles. The second kappa shape index (κ2) is 5.67. The third-order valence-corrected chi connectivity index (χ3v) is 3.09. The monoisotopic (exact) mass is 260 g/mol. The highest BCUT2D eigenvalue weighted by Crippen LogP contribution is 2.25. The molecule has 100 valence electrons. The summed E-state index contributed by atoms with van der Waals surface area (Å²) >= 11 is 0. The lowest BCUT2D eigenvalue weighted by Crippen LogP contribution is -2.08. The molecule has 5 nitrogen and oxygen atoms in total. The van der Waals surface area contributed by atoms with Crippen molar-refractivity contribution >= 4 is 5.97 Å². The predicted molar refractivity (Wildman–Crippen MR) is 71.2 cm³/mol. The third kappa shape index (κ3) is 2.66. The zero-order valence-electron chi connectivity index (χ0n) is 11.0. The fraction of sp³-hybridized carbons (Fsp3) is 0.286. The average molecular weight is 260 g/mol. The molecule has 0 saturated heterocycles. The number of hydrogen-bond acceptors (Lipinski definition) is 3. The molecular formula is C14H16N2O3. The van der Waals surface area contributed by atoms with Gasteiger partial charge in [-0.05, 0) is 25.1 Å². The van der Waals surface area contributed by atoms with E-state index in [0.29, 0.717) is 18.7 Å². The van der Waals surface area contributed by atoms with Crippen LogP contribution in [-0.4, -0.2) is 34.3 Å². The van der Waals surface area contributed by atoms with Crippen LogP contribution in [0.15, 0.2) is 30.6 Å². The van der Waals surface area contributed by atoms with Crippen molar-refractivity contribution in [3.05, 3.63) is 41.9 Å². The van der Waals surface area contributed by atoms with Crippen LogP contribution in [-0.2, 0) is 11.3 Å². The number of aromatic carboxylic acids is 1. The summed E-state index contributed by atoms with van der Waals surface area (Å²) in [6.07, 6.45) is 3.39. The molecule has 0 aromatic carbocycles. The molecule has 2 aromatic heterocycles. The highest BCUT2D eigenvalue weighted by molar-refractivity contribution is 5.91. The van der Waals surface area contributed by atoms with E-state index in [1.165, 1.54) is 0 Å². The Morgan fingerprint density at radius 3 is 2.68 bits per heavy atom. The minimum atomic E-state index is -0.913. The van der Waals surface area contributed by atoms with Gasteiger partial charge in [0, 0.05) is 43.0 Å². The number of carbonyl (C=O) groups is 1. The number of hydrogen-bond donors (Lipinski definition) is 1. The van der Waals surface area contributed by atoms with Crippen LogP contribution in [0.4, 0.5) is 0 Å². The first-order valence-electron chi connectivity index (χ1n) is 5.98. The van der Waals surface area contributed by atoms with Gasteiger partial charge in [0.05, 0.1) is 12.2 Å². The molecule has 5 heteroatoms. The molecule has 0 bridgehead atoms. The van der Waals surface area contributed by atoms with E-state index in [1.54, 1.807) is 25.6 Å². The van der Waals surface area contributed by atoms with Crippen molar-refractivity contribution in [2.75, 3.05) is 13.7 Å². The largest absolute Gasteiger partial charge is 0.478 e. The van der Waals surface area contributed by atoms with E-state index in [0.717, 1.165) is 17.0 Å². The summed E-state index contributed by atoms with van der Waals surface area (Å²) in [6, 6.07) is 5.43. The number of aromatic nitrogens is 2. The number of carboxylic acid groups (broad SMARTS) is 1. The van der Waals surface area contributed by atoms with Crippen molar-refractivity contribution in [2.45, 2.75) is 13.5 Å². The van der Waals surface area contributed by atoms with Crippen LogP contribution in [0.5, 0.6) is 0 Å². The molecule has 0 unspecified atom stereocenters. The molecule has 19 heavy (non-hydrogen) atoms. The Morgan fingerprint density at radius 1 is 1.42 bits per heavy atom. The summed E-state index contributed by atoms with van der Waals surface area (Å²) in [7, 11) is 1.63. The molecule has 0 atom stereocenters. The van der Waals surface area contributed by atoms with Crippen molar-refractivity contribution in [2.24, 2.45) is 0 Å². The second-order valence-electron chi connectivity index (χ2n) is 4.21. The number of carboxylic acids is 1. The van der Waals surface area contributed by atoms with Crippen molar-refractivity contribution in [3.63, 3.8) is 0 Å². The fourth-order valence-electron chi connectivity index (χ4n) is 2.09. The third-order valence-electron chi connectivity index (χ3n) is 3.09. The molecule has 0 radical (unpaired) electrons. The molecule has 1 N–H and O–H groups in total. The number of pyridine rings is 1. The van der Waals surface area contributed by atoms with Gasteiger partial charge in [-0.1, -0.05) is 0 Å². The lowest BCUT2D eigenvalue weighted by atomic mass is 10.2. The van der Waals surface area contributed by atoms with E-state index in [-0.39, 0.29) is 0 Å². The highest BCUT2D eigenvalue weighted by Gasteiger charge is 2.17. The van der Waals surface area contributed by atoms with E-state index in [9.17, 15) is 9.90 Å². The smallest absolute Gasteiger partial charge is 0.337 e. The number of nitrogens with zero attached hydrogens (tertiary/aromatic N) is 2. The lowest BCUT2D eigenvalue weighted by Gasteiger charge is -2.11. The van der Waals surface area contributed by atoms with Crippen LogP contribution < -0.4 is 0 Å². The van der Waals surface area contributed by atoms with Crippen LogP contribution in [0.25, 0.3) is 11.3 Å². The summed E-state index contributed by atoms with van der Waals surface area (Å²) in [5.41, 5.74) is 2.87. The Labute approximate surface area is 111 Å². The van der Waals surface area contributed by atoms with Gasteiger partial charge in [0.25, 0.3) is 0 Å². The van der Waals surface area contributed by atoms with Crippen molar-refractivity contribution in [3.8, 4) is 11.3 Å². The summed E-state index contributed by atoms with van der Waals surface area (Å²) in [5.74, 6) is -0.913. The van der Waals surface area contributed by atoms with Crippen molar-refractivity contribution in [1.82, 2.24) is 9.55 Å². The zero-order chi connectivity index (χ0) is 13.8. The zero-order valence-corrected chi connectivity index (χ0v) is 11.0. The Kier molecular flexibility index (Phi) is 3.97. The van der Waals surface area contributed by atoms with Gasteiger partial charge < -0.3 is 14.4 Å². The molecule has 0 spiro atoms. The first-order valence-corrected chi connectivity index (χ1v) is 5.98. The van der Waals surface area contributed by atoms with Gasteiger partial charge in [0.15, 0.2) is 0 Å². The van der Waals surface area contributed by atoms with Crippen LogP contribution in [0, 0.1) is 6.92 Å². The minimum absolute atomic E-state index is 0.322. The predicted octanol–water partition coefficient (Wildman–Crippen LogP) is 2.20. The Morgan fingerprint density at radius 2 is 2.11 bits per heavy atom. The molecule has 0 aliphatic rings. The normalized spacial score (nSPS) is 10.6. The lowest BCUT2D eigenvalue weighted by molar-refractivity contribution is 0.0696. The van der Waals surface area contributed by atoms with Crippen LogP contribution in [0.2, 0.25) is 0 Å². The molecule has 0 aliphatic heterocycles. The highest BCUT2D eigenvalue weighted by atomic mass is 16.5. The van der Waals surface area contributed by atoms with Crippen LogP contribution in [0.3, 0.4) is 0 Å². The molecule has 2 aromatic rings. The van der Waals surface area contributed by atoms with Crippen LogP contribution >= 0.6 is 0 Å². The van der Waals surface area contributed by atoms with E-state index >= 15 is 0 Å².